The molecule has 0 saturated carbocycles. The van der Waals surface area contributed by atoms with E-state index in [-0.39, 0.29) is 22.8 Å². The first kappa shape index (κ1) is 25.2. The van der Waals surface area contributed by atoms with Crippen molar-refractivity contribution in [1.82, 2.24) is 4.98 Å². The molecular formula is C28H19F3N6O2. The number of amides is 3. The molecule has 0 atom stereocenters. The smallest absolute Gasteiger partial charge is 0.362 e. The topological polar surface area (TPSA) is 122 Å². The van der Waals surface area contributed by atoms with Gasteiger partial charge in [0.15, 0.2) is 0 Å². The van der Waals surface area contributed by atoms with Crippen LogP contribution in [0.4, 0.5) is 46.4 Å². The Morgan fingerprint density at radius 1 is 0.897 bits per heavy atom. The van der Waals surface area contributed by atoms with Crippen LogP contribution in [0.15, 0.2) is 79.0 Å². The minimum Gasteiger partial charge on any atom is -0.362 e. The molecule has 0 radical (unpaired) electrons. The molecule has 0 fully saturated rings. The molecule has 4 aromatic rings. The van der Waals surface area contributed by atoms with E-state index < -0.39 is 17.8 Å². The second-order valence-corrected chi connectivity index (χ2v) is 8.59. The predicted octanol–water partition coefficient (Wildman–Crippen LogP) is 6.79. The summed E-state index contributed by atoms with van der Waals surface area (Å²) in [5.74, 6) is -0.235. The van der Waals surface area contributed by atoms with Crippen LogP contribution in [0.1, 0.15) is 22.4 Å². The summed E-state index contributed by atoms with van der Waals surface area (Å²) in [4.78, 5) is 28.0. The molecule has 0 spiro atoms. The van der Waals surface area contributed by atoms with E-state index in [1.807, 2.05) is 18.2 Å². The van der Waals surface area contributed by atoms with Crippen molar-refractivity contribution in [1.29, 1.82) is 5.26 Å². The van der Waals surface area contributed by atoms with Crippen molar-refractivity contribution in [3.63, 3.8) is 0 Å². The van der Waals surface area contributed by atoms with E-state index in [9.17, 15) is 28.0 Å². The van der Waals surface area contributed by atoms with Crippen LogP contribution in [0.2, 0.25) is 0 Å². The molecule has 8 nitrogen and oxygen atoms in total. The van der Waals surface area contributed by atoms with Gasteiger partial charge in [0.05, 0.1) is 28.5 Å². The Hall–Kier alpha value is -5.50. The van der Waals surface area contributed by atoms with Crippen LogP contribution in [0, 0.1) is 11.3 Å². The van der Waals surface area contributed by atoms with Crippen molar-refractivity contribution < 1.29 is 22.8 Å². The van der Waals surface area contributed by atoms with E-state index in [0.29, 0.717) is 22.6 Å². The maximum absolute atomic E-state index is 13.0. The van der Waals surface area contributed by atoms with E-state index in [4.69, 9.17) is 0 Å². The van der Waals surface area contributed by atoms with Gasteiger partial charge >= 0.3 is 12.2 Å². The summed E-state index contributed by atoms with van der Waals surface area (Å²) < 4.78 is 38.9. The van der Waals surface area contributed by atoms with E-state index in [2.05, 4.69) is 26.3 Å². The zero-order chi connectivity index (χ0) is 27.6. The summed E-state index contributed by atoms with van der Waals surface area (Å²) in [7, 11) is 0. The largest absolute Gasteiger partial charge is 0.416 e. The second kappa shape index (κ2) is 10.1. The summed E-state index contributed by atoms with van der Waals surface area (Å²) in [6, 6.07) is 19.0. The zero-order valence-electron chi connectivity index (χ0n) is 20.0. The number of carbonyl (C=O) groups excluding carboxylic acids is 2. The van der Waals surface area contributed by atoms with E-state index in [1.54, 1.807) is 42.6 Å². The number of H-pyrrole nitrogens is 1. The molecule has 11 heteroatoms. The highest BCUT2D eigenvalue weighted by atomic mass is 19.4. The number of fused-ring (bicyclic) bond motifs is 1. The monoisotopic (exact) mass is 528 g/mol. The number of carbonyl (C=O) groups is 2. The molecule has 1 aliphatic rings. The summed E-state index contributed by atoms with van der Waals surface area (Å²) in [5.41, 5.74) is 3.28. The average molecular weight is 528 g/mol. The van der Waals surface area contributed by atoms with Crippen molar-refractivity contribution in [3.05, 3.63) is 101 Å². The zero-order valence-corrected chi connectivity index (χ0v) is 20.0. The Morgan fingerprint density at radius 3 is 2.44 bits per heavy atom. The number of nitrogens with one attached hydrogen (secondary N) is 5. The molecule has 3 amide bonds. The van der Waals surface area contributed by atoms with E-state index >= 15 is 0 Å². The SMILES string of the molecule is N#Cc1cc(NC(=O)Nc2cccc(C(F)(F)F)c2)cc(Nc2ccc3c(c2)NC(=O)/C3=C\c2ccc[nH]2)c1. The van der Waals surface area contributed by atoms with Crippen LogP contribution in [0.25, 0.3) is 11.6 Å². The number of nitrogens with zero attached hydrogens (tertiary/aromatic N) is 1. The standard InChI is InChI=1S/C28H19F3N6O2/c29-28(30,31)17-3-1-4-19(11-17)35-27(39)36-22-10-16(15-32)9-21(12-22)34-20-6-7-23-24(13-18-5-2-8-33-18)26(38)37-25(23)14-20/h1-14,33-34H,(H,37,38)(H2,35,36,39)/b24-13-. The molecule has 3 aromatic carbocycles. The van der Waals surface area contributed by atoms with Crippen molar-refractivity contribution >= 4 is 52.0 Å². The van der Waals surface area contributed by atoms with Gasteiger partial charge in [-0.3, -0.25) is 4.79 Å². The van der Waals surface area contributed by atoms with Gasteiger partial charge in [0.1, 0.15) is 0 Å². The van der Waals surface area contributed by atoms with Gasteiger partial charge in [0, 0.05) is 40.2 Å². The summed E-state index contributed by atoms with van der Waals surface area (Å²) in [6.07, 6.45) is -1.02. The van der Waals surface area contributed by atoms with Crippen LogP contribution in [-0.2, 0) is 11.0 Å². The molecule has 0 aliphatic carbocycles. The number of rotatable bonds is 5. The molecule has 1 aromatic heterocycles. The average Bonchev–Trinajstić information content (AvgIpc) is 3.51. The lowest BCUT2D eigenvalue weighted by Crippen LogP contribution is -2.20. The Balaban J connectivity index is 1.32. The Morgan fingerprint density at radius 2 is 1.69 bits per heavy atom. The van der Waals surface area contributed by atoms with Crippen LogP contribution in [-0.4, -0.2) is 16.9 Å². The third-order valence-electron chi connectivity index (χ3n) is 5.78. The fourth-order valence-electron chi connectivity index (χ4n) is 4.07. The van der Waals surface area contributed by atoms with Gasteiger partial charge in [-0.05, 0) is 66.7 Å². The van der Waals surface area contributed by atoms with Crippen molar-refractivity contribution in [2.45, 2.75) is 6.18 Å². The van der Waals surface area contributed by atoms with Crippen LogP contribution >= 0.6 is 0 Å². The van der Waals surface area contributed by atoms with Crippen molar-refractivity contribution in [2.75, 3.05) is 21.3 Å². The lowest BCUT2D eigenvalue weighted by atomic mass is 10.1. The summed E-state index contributed by atoms with van der Waals surface area (Å²) >= 11 is 0. The summed E-state index contributed by atoms with van der Waals surface area (Å²) in [5, 5.41) is 20.3. The molecule has 1 aliphatic heterocycles. The molecule has 0 unspecified atom stereocenters. The molecule has 0 saturated heterocycles. The van der Waals surface area contributed by atoms with Gasteiger partial charge in [-0.25, -0.2) is 4.79 Å². The number of aromatic nitrogens is 1. The number of aromatic amines is 1. The highest BCUT2D eigenvalue weighted by Gasteiger charge is 2.30. The van der Waals surface area contributed by atoms with Gasteiger partial charge in [0.2, 0.25) is 0 Å². The van der Waals surface area contributed by atoms with E-state index in [1.165, 1.54) is 18.2 Å². The highest BCUT2D eigenvalue weighted by Crippen LogP contribution is 2.36. The molecule has 0 bridgehead atoms. The van der Waals surface area contributed by atoms with Gasteiger partial charge in [0.25, 0.3) is 5.91 Å². The third-order valence-corrected chi connectivity index (χ3v) is 5.78. The molecular weight excluding hydrogens is 509 g/mol. The number of alkyl halides is 3. The van der Waals surface area contributed by atoms with E-state index in [0.717, 1.165) is 23.4 Å². The Labute approximate surface area is 220 Å². The van der Waals surface area contributed by atoms with Crippen LogP contribution in [0.5, 0.6) is 0 Å². The lowest BCUT2D eigenvalue weighted by molar-refractivity contribution is -0.137. The van der Waals surface area contributed by atoms with Crippen LogP contribution < -0.4 is 21.3 Å². The maximum atomic E-state index is 13.0. The lowest BCUT2D eigenvalue weighted by Gasteiger charge is -2.13. The van der Waals surface area contributed by atoms with Gasteiger partial charge in [-0.2, -0.15) is 18.4 Å². The second-order valence-electron chi connectivity index (χ2n) is 8.59. The maximum Gasteiger partial charge on any atom is 0.416 e. The molecule has 194 valence electrons. The fourth-order valence-corrected chi connectivity index (χ4v) is 4.07. The number of halogens is 3. The van der Waals surface area contributed by atoms with Gasteiger partial charge in [-0.1, -0.05) is 12.1 Å². The number of nitriles is 1. The number of benzene rings is 3. The number of anilines is 5. The number of urea groups is 1. The third kappa shape index (κ3) is 5.75. The molecule has 2 heterocycles. The first-order valence-electron chi connectivity index (χ1n) is 11.6. The Kier molecular flexibility index (Phi) is 6.52. The minimum atomic E-state index is -4.55. The number of hydrogen-bond donors (Lipinski definition) is 5. The highest BCUT2D eigenvalue weighted by molar-refractivity contribution is 6.35. The minimum absolute atomic E-state index is 0.0398. The predicted molar refractivity (Wildman–Crippen MR) is 142 cm³/mol. The van der Waals surface area contributed by atoms with Crippen LogP contribution in [0.3, 0.4) is 0 Å². The summed E-state index contributed by atoms with van der Waals surface area (Å²) in [6.45, 7) is 0. The first-order chi connectivity index (χ1) is 18.7. The fraction of sp³-hybridized carbons (Fsp3) is 0.0357. The first-order valence-corrected chi connectivity index (χ1v) is 11.6. The van der Waals surface area contributed by atoms with Gasteiger partial charge in [-0.15, -0.1) is 0 Å². The number of hydrogen-bond acceptors (Lipinski definition) is 4. The quantitative estimate of drug-likeness (QED) is 0.183. The van der Waals surface area contributed by atoms with Gasteiger partial charge < -0.3 is 26.3 Å². The molecule has 5 rings (SSSR count). The Bertz CT molecular complexity index is 1650. The van der Waals surface area contributed by atoms with Crippen molar-refractivity contribution in [3.8, 4) is 6.07 Å². The normalized spacial score (nSPS) is 13.4. The molecule has 5 N–H and O–H groups in total. The van der Waals surface area contributed by atoms with Crippen molar-refractivity contribution in [2.24, 2.45) is 0 Å². The molecule has 39 heavy (non-hydrogen) atoms.